The van der Waals surface area contributed by atoms with Crippen LogP contribution in [0.3, 0.4) is 0 Å². The molecule has 0 spiro atoms. The minimum atomic E-state index is -3.55. The van der Waals surface area contributed by atoms with E-state index in [9.17, 15) is 13.2 Å². The number of amides is 1. The van der Waals surface area contributed by atoms with Crippen molar-refractivity contribution in [3.63, 3.8) is 0 Å². The highest BCUT2D eigenvalue weighted by atomic mass is 32.2. The molecule has 0 aliphatic carbocycles. The fourth-order valence-corrected chi connectivity index (χ4v) is 4.07. The molecule has 2 aromatic rings. The zero-order valence-corrected chi connectivity index (χ0v) is 15.2. The Morgan fingerprint density at radius 3 is 2.50 bits per heavy atom. The number of likely N-dealkylation sites (N-methyl/N-ethyl adjacent to an activating group) is 1. The number of sulfonamides is 1. The monoisotopic (exact) mass is 367 g/mol. The lowest BCUT2D eigenvalue weighted by molar-refractivity contribution is -0.130. The molecule has 0 bridgehead atoms. The minimum absolute atomic E-state index is 0.0191. The van der Waals surface area contributed by atoms with E-state index in [1.54, 1.807) is 53.7 Å². The number of nitrogens with two attached hydrogens (primary N) is 1. The molecule has 0 radical (unpaired) electrons. The molecular formula is C16H21N3O3S2. The van der Waals surface area contributed by atoms with E-state index in [1.165, 1.54) is 0 Å². The Morgan fingerprint density at radius 1 is 1.29 bits per heavy atom. The molecular weight excluding hydrogens is 346 g/mol. The summed E-state index contributed by atoms with van der Waals surface area (Å²) < 4.78 is 27.1. The van der Waals surface area contributed by atoms with Crippen LogP contribution < -0.4 is 10.5 Å². The first kappa shape index (κ1) is 18.4. The SMILES string of the molecule is CC(CN)N(C)C(=O)Cc1ccc(NS(=O)(=O)c2cccs2)cc1. The van der Waals surface area contributed by atoms with Gasteiger partial charge in [-0.05, 0) is 36.1 Å². The zero-order valence-electron chi connectivity index (χ0n) is 13.6. The number of hydrogen-bond donors (Lipinski definition) is 2. The topological polar surface area (TPSA) is 92.5 Å². The van der Waals surface area contributed by atoms with Gasteiger partial charge in [-0.25, -0.2) is 8.42 Å². The Hall–Kier alpha value is -1.90. The Labute approximate surface area is 146 Å². The van der Waals surface area contributed by atoms with Crippen molar-refractivity contribution in [2.24, 2.45) is 5.73 Å². The standard InChI is InChI=1S/C16H21N3O3S2/c1-12(11-17)19(2)15(20)10-13-5-7-14(8-6-13)18-24(21,22)16-4-3-9-23-16/h3-9,12,18H,10-11,17H2,1-2H3. The van der Waals surface area contributed by atoms with E-state index in [4.69, 9.17) is 5.73 Å². The first-order valence-corrected chi connectivity index (χ1v) is 9.81. The van der Waals surface area contributed by atoms with Crippen LogP contribution in [0.25, 0.3) is 0 Å². The van der Waals surface area contributed by atoms with E-state index in [2.05, 4.69) is 4.72 Å². The van der Waals surface area contributed by atoms with Gasteiger partial charge in [0.1, 0.15) is 4.21 Å². The fraction of sp³-hybridized carbons (Fsp3) is 0.312. The average molecular weight is 367 g/mol. The van der Waals surface area contributed by atoms with E-state index < -0.39 is 10.0 Å². The molecule has 1 unspecified atom stereocenters. The number of rotatable bonds is 7. The predicted molar refractivity (Wildman–Crippen MR) is 96.6 cm³/mol. The number of hydrogen-bond acceptors (Lipinski definition) is 5. The molecule has 0 aliphatic heterocycles. The van der Waals surface area contributed by atoms with Crippen LogP contribution in [-0.2, 0) is 21.2 Å². The summed E-state index contributed by atoms with van der Waals surface area (Å²) in [7, 11) is -1.83. The number of carbonyl (C=O) groups excluding carboxylic acids is 1. The highest BCUT2D eigenvalue weighted by Crippen LogP contribution is 2.20. The maximum atomic E-state index is 12.1. The molecule has 1 aromatic carbocycles. The van der Waals surface area contributed by atoms with E-state index in [1.807, 2.05) is 6.92 Å². The Balaban J connectivity index is 2.02. The van der Waals surface area contributed by atoms with Gasteiger partial charge in [0.05, 0.1) is 6.42 Å². The number of nitrogens with zero attached hydrogens (tertiary/aromatic N) is 1. The summed E-state index contributed by atoms with van der Waals surface area (Å²) in [6.07, 6.45) is 0.249. The third-order valence-corrected chi connectivity index (χ3v) is 6.50. The molecule has 6 nitrogen and oxygen atoms in total. The second-order valence-electron chi connectivity index (χ2n) is 5.50. The Bertz CT molecular complexity index is 771. The summed E-state index contributed by atoms with van der Waals surface area (Å²) in [4.78, 5) is 13.8. The third kappa shape index (κ3) is 4.56. The first-order valence-electron chi connectivity index (χ1n) is 7.44. The van der Waals surface area contributed by atoms with Gasteiger partial charge >= 0.3 is 0 Å². The number of nitrogens with one attached hydrogen (secondary N) is 1. The fourth-order valence-electron chi connectivity index (χ4n) is 2.02. The van der Waals surface area contributed by atoms with E-state index in [0.29, 0.717) is 12.2 Å². The van der Waals surface area contributed by atoms with Crippen molar-refractivity contribution in [3.8, 4) is 0 Å². The number of thiophene rings is 1. The van der Waals surface area contributed by atoms with Gasteiger partial charge in [-0.3, -0.25) is 9.52 Å². The summed E-state index contributed by atoms with van der Waals surface area (Å²) in [6.45, 7) is 2.30. The normalized spacial score (nSPS) is 12.6. The Kier molecular flexibility index (Phi) is 5.98. The maximum absolute atomic E-state index is 12.1. The van der Waals surface area contributed by atoms with Crippen LogP contribution in [0.4, 0.5) is 5.69 Å². The van der Waals surface area contributed by atoms with Crippen molar-refractivity contribution in [3.05, 3.63) is 47.3 Å². The van der Waals surface area contributed by atoms with Crippen molar-refractivity contribution < 1.29 is 13.2 Å². The van der Waals surface area contributed by atoms with Crippen LogP contribution in [0.15, 0.2) is 46.0 Å². The van der Waals surface area contributed by atoms with Crippen LogP contribution in [0.2, 0.25) is 0 Å². The van der Waals surface area contributed by atoms with E-state index in [0.717, 1.165) is 16.9 Å². The van der Waals surface area contributed by atoms with Gasteiger partial charge in [-0.2, -0.15) is 0 Å². The molecule has 0 fully saturated rings. The van der Waals surface area contributed by atoms with Crippen LogP contribution in [0, 0.1) is 0 Å². The van der Waals surface area contributed by atoms with Gasteiger partial charge in [0.25, 0.3) is 10.0 Å². The number of benzene rings is 1. The van der Waals surface area contributed by atoms with E-state index in [-0.39, 0.29) is 22.6 Å². The van der Waals surface area contributed by atoms with Crippen molar-refractivity contribution in [1.29, 1.82) is 0 Å². The number of carbonyl (C=O) groups is 1. The minimum Gasteiger partial charge on any atom is -0.341 e. The smallest absolute Gasteiger partial charge is 0.271 e. The van der Waals surface area contributed by atoms with Crippen LogP contribution in [-0.4, -0.2) is 38.9 Å². The first-order chi connectivity index (χ1) is 11.3. The molecule has 1 heterocycles. The lowest BCUT2D eigenvalue weighted by atomic mass is 10.1. The third-order valence-electron chi connectivity index (χ3n) is 3.72. The highest BCUT2D eigenvalue weighted by molar-refractivity contribution is 7.94. The van der Waals surface area contributed by atoms with Crippen LogP contribution >= 0.6 is 11.3 Å². The second kappa shape index (κ2) is 7.78. The largest absolute Gasteiger partial charge is 0.341 e. The highest BCUT2D eigenvalue weighted by Gasteiger charge is 2.16. The summed E-state index contributed by atoms with van der Waals surface area (Å²) >= 11 is 1.16. The molecule has 3 N–H and O–H groups in total. The average Bonchev–Trinajstić information content (AvgIpc) is 3.10. The van der Waals surface area contributed by atoms with Crippen molar-refractivity contribution in [1.82, 2.24) is 4.90 Å². The molecule has 0 aliphatic rings. The molecule has 1 amide bonds. The van der Waals surface area contributed by atoms with Gasteiger partial charge in [0.2, 0.25) is 5.91 Å². The molecule has 2 rings (SSSR count). The quantitative estimate of drug-likeness (QED) is 0.782. The molecule has 130 valence electrons. The number of anilines is 1. The van der Waals surface area contributed by atoms with Crippen LogP contribution in [0.1, 0.15) is 12.5 Å². The van der Waals surface area contributed by atoms with Gasteiger partial charge in [-0.15, -0.1) is 11.3 Å². The predicted octanol–water partition coefficient (Wildman–Crippen LogP) is 1.90. The maximum Gasteiger partial charge on any atom is 0.271 e. The Morgan fingerprint density at radius 2 is 1.96 bits per heavy atom. The summed E-state index contributed by atoms with van der Waals surface area (Å²) in [5, 5.41) is 1.71. The van der Waals surface area contributed by atoms with Gasteiger partial charge in [0, 0.05) is 25.3 Å². The summed E-state index contributed by atoms with van der Waals surface area (Å²) in [5.74, 6) is -0.0279. The van der Waals surface area contributed by atoms with Gasteiger partial charge in [-0.1, -0.05) is 18.2 Å². The lowest BCUT2D eigenvalue weighted by Gasteiger charge is -2.23. The van der Waals surface area contributed by atoms with Crippen molar-refractivity contribution in [2.45, 2.75) is 23.6 Å². The summed E-state index contributed by atoms with van der Waals surface area (Å²) in [6, 6.07) is 10.0. The second-order valence-corrected chi connectivity index (χ2v) is 8.36. The molecule has 0 saturated heterocycles. The van der Waals surface area contributed by atoms with Crippen molar-refractivity contribution >= 4 is 33.0 Å². The van der Waals surface area contributed by atoms with Gasteiger partial charge in [0.15, 0.2) is 0 Å². The molecule has 8 heteroatoms. The molecule has 1 atom stereocenters. The van der Waals surface area contributed by atoms with Gasteiger partial charge < -0.3 is 10.6 Å². The van der Waals surface area contributed by atoms with Crippen molar-refractivity contribution in [2.75, 3.05) is 18.3 Å². The summed E-state index contributed by atoms with van der Waals surface area (Å²) in [5.41, 5.74) is 6.84. The lowest BCUT2D eigenvalue weighted by Crippen LogP contribution is -2.40. The molecule has 1 aromatic heterocycles. The zero-order chi connectivity index (χ0) is 17.7. The van der Waals surface area contributed by atoms with Crippen LogP contribution in [0.5, 0.6) is 0 Å². The van der Waals surface area contributed by atoms with E-state index >= 15 is 0 Å². The molecule has 24 heavy (non-hydrogen) atoms. The molecule has 0 saturated carbocycles.